The molecule has 0 aromatic rings. The van der Waals surface area contributed by atoms with Crippen LogP contribution in [0, 0.1) is 5.92 Å². The van der Waals surface area contributed by atoms with Crippen LogP contribution in [0.4, 0.5) is 0 Å². The molecular weight excluding hydrogens is 174 g/mol. The van der Waals surface area contributed by atoms with Gasteiger partial charge in [0, 0.05) is 35.8 Å². The SMILES string of the molecule is CC(=O)NC(CS(C)=O)C(C)C. The van der Waals surface area contributed by atoms with E-state index in [0.717, 1.165) is 0 Å². The number of hydrogen-bond donors (Lipinski definition) is 1. The molecule has 0 saturated carbocycles. The lowest BCUT2D eigenvalue weighted by atomic mass is 10.1. The Labute approximate surface area is 76.4 Å². The van der Waals surface area contributed by atoms with E-state index in [9.17, 15) is 9.00 Å². The molecule has 0 aliphatic heterocycles. The fourth-order valence-corrected chi connectivity index (χ4v) is 1.89. The van der Waals surface area contributed by atoms with E-state index in [1.807, 2.05) is 13.8 Å². The molecule has 0 radical (unpaired) electrons. The maximum absolute atomic E-state index is 10.9. The summed E-state index contributed by atoms with van der Waals surface area (Å²) in [5, 5.41) is 2.78. The van der Waals surface area contributed by atoms with Crippen molar-refractivity contribution in [3.8, 4) is 0 Å². The third kappa shape index (κ3) is 5.29. The molecule has 4 heteroatoms. The summed E-state index contributed by atoms with van der Waals surface area (Å²) in [4.78, 5) is 10.7. The molecule has 72 valence electrons. The molecule has 0 bridgehead atoms. The Hall–Kier alpha value is -0.380. The zero-order valence-electron chi connectivity index (χ0n) is 8.09. The molecule has 2 unspecified atom stereocenters. The molecule has 0 aliphatic carbocycles. The normalized spacial score (nSPS) is 15.8. The summed E-state index contributed by atoms with van der Waals surface area (Å²) in [5.74, 6) is 0.814. The first-order chi connectivity index (χ1) is 5.43. The van der Waals surface area contributed by atoms with Crippen LogP contribution in [0.15, 0.2) is 0 Å². The molecule has 0 fully saturated rings. The highest BCUT2D eigenvalue weighted by molar-refractivity contribution is 7.84. The number of carbonyl (C=O) groups excluding carboxylic acids is 1. The van der Waals surface area contributed by atoms with Crippen LogP contribution in [-0.4, -0.2) is 28.2 Å². The number of nitrogens with one attached hydrogen (secondary N) is 1. The van der Waals surface area contributed by atoms with E-state index in [4.69, 9.17) is 0 Å². The molecule has 0 aliphatic rings. The van der Waals surface area contributed by atoms with Crippen molar-refractivity contribution >= 4 is 16.7 Å². The van der Waals surface area contributed by atoms with Gasteiger partial charge in [-0.1, -0.05) is 13.8 Å². The van der Waals surface area contributed by atoms with Gasteiger partial charge in [0.25, 0.3) is 0 Å². The van der Waals surface area contributed by atoms with E-state index < -0.39 is 10.8 Å². The Morgan fingerprint density at radius 2 is 2.00 bits per heavy atom. The maximum Gasteiger partial charge on any atom is 0.217 e. The Balaban J connectivity index is 4.04. The third-order valence-electron chi connectivity index (χ3n) is 1.61. The Kier molecular flexibility index (Phi) is 5.13. The van der Waals surface area contributed by atoms with Gasteiger partial charge < -0.3 is 5.32 Å². The summed E-state index contributed by atoms with van der Waals surface area (Å²) >= 11 is 0. The van der Waals surface area contributed by atoms with Crippen molar-refractivity contribution in [3.63, 3.8) is 0 Å². The molecule has 2 atom stereocenters. The topological polar surface area (TPSA) is 46.2 Å². The van der Waals surface area contributed by atoms with Crippen molar-refractivity contribution in [1.82, 2.24) is 5.32 Å². The standard InChI is InChI=1S/C8H17NO2S/c1-6(2)8(5-12(4)11)9-7(3)10/h6,8H,5H2,1-4H3,(H,9,10). The highest BCUT2D eigenvalue weighted by Gasteiger charge is 2.15. The molecule has 1 amide bonds. The van der Waals surface area contributed by atoms with E-state index in [1.54, 1.807) is 6.26 Å². The average molecular weight is 191 g/mol. The Morgan fingerprint density at radius 3 is 2.25 bits per heavy atom. The summed E-state index contributed by atoms with van der Waals surface area (Å²) in [7, 11) is -0.847. The number of hydrogen-bond acceptors (Lipinski definition) is 2. The lowest BCUT2D eigenvalue weighted by Gasteiger charge is -2.20. The lowest BCUT2D eigenvalue weighted by Crippen LogP contribution is -2.40. The van der Waals surface area contributed by atoms with Crippen molar-refractivity contribution in [2.45, 2.75) is 26.8 Å². The van der Waals surface area contributed by atoms with Crippen molar-refractivity contribution in [2.75, 3.05) is 12.0 Å². The molecule has 12 heavy (non-hydrogen) atoms. The molecule has 3 nitrogen and oxygen atoms in total. The minimum Gasteiger partial charge on any atom is -0.352 e. The van der Waals surface area contributed by atoms with Crippen LogP contribution in [0.25, 0.3) is 0 Å². The summed E-state index contributed by atoms with van der Waals surface area (Å²) in [6.45, 7) is 5.49. The highest BCUT2D eigenvalue weighted by atomic mass is 32.2. The minimum atomic E-state index is -0.847. The highest BCUT2D eigenvalue weighted by Crippen LogP contribution is 2.02. The molecular formula is C8H17NO2S. The third-order valence-corrected chi connectivity index (χ3v) is 2.44. The van der Waals surface area contributed by atoms with Crippen LogP contribution >= 0.6 is 0 Å². The monoisotopic (exact) mass is 191 g/mol. The van der Waals surface area contributed by atoms with Crippen molar-refractivity contribution in [2.24, 2.45) is 5.92 Å². The van der Waals surface area contributed by atoms with Gasteiger partial charge in [0.2, 0.25) is 5.91 Å². The van der Waals surface area contributed by atoms with E-state index in [-0.39, 0.29) is 11.9 Å². The predicted octanol–water partition coefficient (Wildman–Crippen LogP) is 0.526. The fraction of sp³-hybridized carbons (Fsp3) is 0.875. The Bertz CT molecular complexity index is 164. The van der Waals surface area contributed by atoms with Gasteiger partial charge in [-0.15, -0.1) is 0 Å². The Morgan fingerprint density at radius 1 is 1.50 bits per heavy atom. The van der Waals surface area contributed by atoms with Crippen LogP contribution in [0.5, 0.6) is 0 Å². The first-order valence-electron chi connectivity index (χ1n) is 4.00. The van der Waals surface area contributed by atoms with Gasteiger partial charge >= 0.3 is 0 Å². The molecule has 0 heterocycles. The van der Waals surface area contributed by atoms with Gasteiger partial charge in [-0.05, 0) is 5.92 Å². The predicted molar refractivity (Wildman–Crippen MR) is 51.4 cm³/mol. The molecule has 0 rings (SSSR count). The van der Waals surface area contributed by atoms with E-state index in [2.05, 4.69) is 5.32 Å². The van der Waals surface area contributed by atoms with Gasteiger partial charge in [-0.3, -0.25) is 9.00 Å². The van der Waals surface area contributed by atoms with Crippen LogP contribution in [0.3, 0.4) is 0 Å². The van der Waals surface area contributed by atoms with Gasteiger partial charge in [-0.2, -0.15) is 0 Å². The van der Waals surface area contributed by atoms with Crippen molar-refractivity contribution in [3.05, 3.63) is 0 Å². The summed E-state index contributed by atoms with van der Waals surface area (Å²) < 4.78 is 10.9. The summed E-state index contributed by atoms with van der Waals surface area (Å²) in [6.07, 6.45) is 1.65. The zero-order chi connectivity index (χ0) is 9.72. The van der Waals surface area contributed by atoms with Gasteiger partial charge in [0.1, 0.15) is 0 Å². The van der Waals surface area contributed by atoms with Crippen LogP contribution in [-0.2, 0) is 15.6 Å². The summed E-state index contributed by atoms with van der Waals surface area (Å²) in [6, 6.07) is 0.0355. The average Bonchev–Trinajstić information content (AvgIpc) is 1.83. The van der Waals surface area contributed by atoms with Crippen molar-refractivity contribution < 1.29 is 9.00 Å². The fourth-order valence-electron chi connectivity index (χ4n) is 0.915. The second-order valence-corrected chi connectivity index (χ2v) is 4.77. The smallest absolute Gasteiger partial charge is 0.217 e. The first-order valence-corrected chi connectivity index (χ1v) is 5.73. The molecule has 0 aromatic heterocycles. The molecule has 0 saturated heterocycles. The van der Waals surface area contributed by atoms with Gasteiger partial charge in [-0.25, -0.2) is 0 Å². The zero-order valence-corrected chi connectivity index (χ0v) is 8.90. The van der Waals surface area contributed by atoms with E-state index in [0.29, 0.717) is 11.7 Å². The lowest BCUT2D eigenvalue weighted by molar-refractivity contribution is -0.119. The van der Waals surface area contributed by atoms with Gasteiger partial charge in [0.15, 0.2) is 0 Å². The van der Waals surface area contributed by atoms with E-state index >= 15 is 0 Å². The molecule has 0 aromatic carbocycles. The second kappa shape index (κ2) is 5.30. The van der Waals surface area contributed by atoms with E-state index in [1.165, 1.54) is 6.92 Å². The van der Waals surface area contributed by atoms with Gasteiger partial charge in [0.05, 0.1) is 0 Å². The van der Waals surface area contributed by atoms with Crippen LogP contribution in [0.1, 0.15) is 20.8 Å². The molecule has 0 spiro atoms. The van der Waals surface area contributed by atoms with Crippen molar-refractivity contribution in [1.29, 1.82) is 0 Å². The first kappa shape index (κ1) is 11.6. The van der Waals surface area contributed by atoms with Crippen LogP contribution in [0.2, 0.25) is 0 Å². The minimum absolute atomic E-state index is 0.0355. The molecule has 1 N–H and O–H groups in total. The number of rotatable bonds is 4. The number of carbonyl (C=O) groups is 1. The van der Waals surface area contributed by atoms with Crippen LogP contribution < -0.4 is 5.32 Å². The maximum atomic E-state index is 10.9. The largest absolute Gasteiger partial charge is 0.352 e. The quantitative estimate of drug-likeness (QED) is 0.704. The second-order valence-electron chi connectivity index (χ2n) is 3.29. The number of amides is 1. The summed E-state index contributed by atoms with van der Waals surface area (Å²) in [5.41, 5.74) is 0.